The summed E-state index contributed by atoms with van der Waals surface area (Å²) >= 11 is 0. The molecule has 0 aliphatic heterocycles. The Bertz CT molecular complexity index is 2470. The third kappa shape index (κ3) is 6.28. The first-order valence-corrected chi connectivity index (χ1v) is 19.3. The highest BCUT2D eigenvalue weighted by atomic mass is 15.1. The predicted molar refractivity (Wildman–Crippen MR) is 233 cm³/mol. The first-order valence-electron chi connectivity index (χ1n) is 19.3. The van der Waals surface area contributed by atoms with Crippen LogP contribution in [0.2, 0.25) is 0 Å². The number of benzene rings is 5. The second-order valence-electron chi connectivity index (χ2n) is 15.5. The molecule has 5 aromatic carbocycles. The van der Waals surface area contributed by atoms with Crippen LogP contribution in [0.1, 0.15) is 63.3 Å². The van der Waals surface area contributed by atoms with E-state index in [1.165, 1.54) is 61.2 Å². The van der Waals surface area contributed by atoms with Crippen LogP contribution in [-0.2, 0) is 11.8 Å². The molecule has 1 heteroatoms. The molecule has 266 valence electrons. The van der Waals surface area contributed by atoms with Crippen molar-refractivity contribution in [2.75, 3.05) is 4.90 Å². The minimum absolute atomic E-state index is 0.125. The summed E-state index contributed by atoms with van der Waals surface area (Å²) in [6.07, 6.45) is 21.9. The van der Waals surface area contributed by atoms with Gasteiger partial charge in [-0.3, -0.25) is 0 Å². The van der Waals surface area contributed by atoms with Crippen LogP contribution < -0.4 is 4.90 Å². The van der Waals surface area contributed by atoms with Crippen LogP contribution >= 0.6 is 0 Å². The maximum absolute atomic E-state index is 4.58. The van der Waals surface area contributed by atoms with E-state index in [0.717, 1.165) is 41.1 Å². The van der Waals surface area contributed by atoms with E-state index in [1.54, 1.807) is 0 Å². The lowest BCUT2D eigenvalue weighted by Crippen LogP contribution is -2.19. The van der Waals surface area contributed by atoms with E-state index < -0.39 is 0 Å². The molecule has 1 atom stereocenters. The van der Waals surface area contributed by atoms with Gasteiger partial charge in [-0.1, -0.05) is 167 Å². The zero-order valence-corrected chi connectivity index (χ0v) is 32.2. The molecule has 0 bridgehead atoms. The van der Waals surface area contributed by atoms with E-state index in [-0.39, 0.29) is 5.41 Å². The molecule has 1 unspecified atom stereocenters. The lowest BCUT2D eigenvalue weighted by Gasteiger charge is -2.32. The molecule has 3 aliphatic carbocycles. The number of anilines is 2. The zero-order valence-electron chi connectivity index (χ0n) is 32.2. The van der Waals surface area contributed by atoms with Crippen molar-refractivity contribution in [1.29, 1.82) is 0 Å². The highest BCUT2D eigenvalue weighted by molar-refractivity contribution is 6.00. The Labute approximate surface area is 322 Å². The summed E-state index contributed by atoms with van der Waals surface area (Å²) in [7, 11) is 0. The molecular weight excluding hydrogens is 651 g/mol. The van der Waals surface area contributed by atoms with Gasteiger partial charge in [0.15, 0.2) is 0 Å². The SMILES string of the molecule is C=C1/C=C\C=C/Cc2ccccc2-c2cccc(N(/C(C)=C/C=C(\C)C3=CC=CCC3C)c3ccc4c(c3)C(C)(C)c3ccccc3-4)c2-c2ccccc21. The third-order valence-corrected chi connectivity index (χ3v) is 11.7. The summed E-state index contributed by atoms with van der Waals surface area (Å²) in [5.74, 6) is 0.500. The van der Waals surface area contributed by atoms with Gasteiger partial charge in [-0.15, -0.1) is 0 Å². The lowest BCUT2D eigenvalue weighted by molar-refractivity contribution is 0.660. The van der Waals surface area contributed by atoms with Crippen LogP contribution in [0.5, 0.6) is 0 Å². The lowest BCUT2D eigenvalue weighted by atomic mass is 9.82. The number of nitrogens with zero attached hydrogens (tertiary/aromatic N) is 1. The largest absolute Gasteiger partial charge is 0.314 e. The standard InChI is InChI=1S/C53H49N/c1-36-20-10-12-23-42(36)38(3)31-32-39(4)54(41-33-34-46-45-26-16-17-29-49(45)53(5,6)50(46)35-41)51-30-18-28-48-44-25-13-11-22-40(44)21-9-7-8-19-37(2)43-24-14-15-27-47(43)52(48)51/h7-19,22-36H,2,20-21H2,1,3-6H3/b9-7-,19-8-,38-31+,39-32+. The Kier molecular flexibility index (Phi) is 9.42. The van der Waals surface area contributed by atoms with Gasteiger partial charge in [0.1, 0.15) is 0 Å². The fourth-order valence-corrected chi connectivity index (χ4v) is 8.76. The Hall–Kier alpha value is -5.92. The van der Waals surface area contributed by atoms with Crippen LogP contribution in [0.25, 0.3) is 39.0 Å². The summed E-state index contributed by atoms with van der Waals surface area (Å²) < 4.78 is 0. The van der Waals surface area contributed by atoms with Gasteiger partial charge in [-0.2, -0.15) is 0 Å². The molecule has 8 rings (SSSR count). The fourth-order valence-electron chi connectivity index (χ4n) is 8.76. The van der Waals surface area contributed by atoms with Crippen molar-refractivity contribution in [3.8, 4) is 33.4 Å². The number of allylic oxidation sites excluding steroid dienone is 13. The van der Waals surface area contributed by atoms with E-state index in [2.05, 4.69) is 210 Å². The molecular formula is C53H49N. The molecule has 3 aliphatic rings. The molecule has 0 fully saturated rings. The zero-order chi connectivity index (χ0) is 37.4. The van der Waals surface area contributed by atoms with E-state index >= 15 is 0 Å². The summed E-state index contributed by atoms with van der Waals surface area (Å²) in [6, 6.07) is 40.5. The van der Waals surface area contributed by atoms with Gasteiger partial charge in [-0.25, -0.2) is 0 Å². The molecule has 0 saturated carbocycles. The predicted octanol–water partition coefficient (Wildman–Crippen LogP) is 14.5. The Morgan fingerprint density at radius 3 is 2.20 bits per heavy atom. The van der Waals surface area contributed by atoms with Gasteiger partial charge in [0, 0.05) is 22.4 Å². The third-order valence-electron chi connectivity index (χ3n) is 11.7. The number of hydrogen-bond acceptors (Lipinski definition) is 1. The van der Waals surface area contributed by atoms with Crippen molar-refractivity contribution in [2.24, 2.45) is 5.92 Å². The molecule has 54 heavy (non-hydrogen) atoms. The number of fused-ring (bicyclic) bond motifs is 8. The average Bonchev–Trinajstić information content (AvgIpc) is 3.42. The second kappa shape index (κ2) is 14.5. The van der Waals surface area contributed by atoms with Crippen LogP contribution in [0.3, 0.4) is 0 Å². The van der Waals surface area contributed by atoms with Crippen LogP contribution in [0, 0.1) is 5.92 Å². The van der Waals surface area contributed by atoms with Gasteiger partial charge in [0.2, 0.25) is 0 Å². The van der Waals surface area contributed by atoms with Gasteiger partial charge in [0.25, 0.3) is 0 Å². The van der Waals surface area contributed by atoms with Crippen molar-refractivity contribution < 1.29 is 0 Å². The second-order valence-corrected chi connectivity index (χ2v) is 15.5. The summed E-state index contributed by atoms with van der Waals surface area (Å²) in [4.78, 5) is 2.49. The summed E-state index contributed by atoms with van der Waals surface area (Å²) in [5.41, 5.74) is 19.7. The van der Waals surface area contributed by atoms with E-state index in [0.29, 0.717) is 5.92 Å². The first kappa shape index (κ1) is 35.1. The Morgan fingerprint density at radius 1 is 0.685 bits per heavy atom. The normalized spacial score (nSPS) is 18.5. The smallest absolute Gasteiger partial charge is 0.0543 e. The van der Waals surface area contributed by atoms with E-state index in [9.17, 15) is 0 Å². The minimum Gasteiger partial charge on any atom is -0.314 e. The van der Waals surface area contributed by atoms with Crippen molar-refractivity contribution in [2.45, 2.75) is 52.9 Å². The highest BCUT2D eigenvalue weighted by Crippen LogP contribution is 2.52. The van der Waals surface area contributed by atoms with Crippen LogP contribution in [-0.4, -0.2) is 0 Å². The van der Waals surface area contributed by atoms with E-state index in [4.69, 9.17) is 0 Å². The number of hydrogen-bond donors (Lipinski definition) is 0. The molecule has 5 aromatic rings. The molecule has 0 aromatic heterocycles. The molecule has 1 nitrogen and oxygen atoms in total. The Balaban J connectivity index is 1.41. The van der Waals surface area contributed by atoms with Crippen molar-refractivity contribution >= 4 is 16.9 Å². The molecule has 0 amide bonds. The average molecular weight is 700 g/mol. The van der Waals surface area contributed by atoms with E-state index in [1.807, 2.05) is 0 Å². The van der Waals surface area contributed by atoms with Crippen molar-refractivity contribution in [3.63, 3.8) is 0 Å². The van der Waals surface area contributed by atoms with Crippen molar-refractivity contribution in [1.82, 2.24) is 0 Å². The first-order chi connectivity index (χ1) is 26.2. The maximum atomic E-state index is 4.58. The quantitative estimate of drug-likeness (QED) is 0.165. The van der Waals surface area contributed by atoms with Gasteiger partial charge < -0.3 is 4.90 Å². The highest BCUT2D eigenvalue weighted by Gasteiger charge is 2.36. The number of rotatable bonds is 5. The Morgan fingerprint density at radius 2 is 1.39 bits per heavy atom. The van der Waals surface area contributed by atoms with Gasteiger partial charge in [0.05, 0.1) is 5.69 Å². The topological polar surface area (TPSA) is 3.24 Å². The van der Waals surface area contributed by atoms with Crippen molar-refractivity contribution in [3.05, 3.63) is 210 Å². The maximum Gasteiger partial charge on any atom is 0.0543 e. The molecule has 0 radical (unpaired) electrons. The summed E-state index contributed by atoms with van der Waals surface area (Å²) in [6.45, 7) is 16.1. The molecule has 0 N–H and O–H groups in total. The monoisotopic (exact) mass is 699 g/mol. The minimum atomic E-state index is -0.125. The van der Waals surface area contributed by atoms with Gasteiger partial charge in [-0.05, 0) is 124 Å². The van der Waals surface area contributed by atoms with Crippen LogP contribution in [0.4, 0.5) is 11.4 Å². The van der Waals surface area contributed by atoms with Gasteiger partial charge >= 0.3 is 0 Å². The fraction of sp³-hybridized carbons (Fsp3) is 0.170. The molecule has 0 spiro atoms. The van der Waals surface area contributed by atoms with Crippen LogP contribution in [0.15, 0.2) is 187 Å². The molecule has 0 saturated heterocycles. The molecule has 0 heterocycles. The summed E-state index contributed by atoms with van der Waals surface area (Å²) in [5, 5.41) is 0.